The monoisotopic (exact) mass is 563 g/mol. The van der Waals surface area contributed by atoms with Crippen LogP contribution in [0.25, 0.3) is 10.2 Å². The number of para-hydroxylation sites is 1. The van der Waals surface area contributed by atoms with Gasteiger partial charge in [-0.2, -0.15) is 0 Å². The number of methoxy groups -OCH3 is 2. The number of amides is 1. The van der Waals surface area contributed by atoms with Crippen LogP contribution < -0.4 is 10.6 Å². The molecular formula is C23H38BrN3O6S. The Balaban J connectivity index is 0.000000620. The van der Waals surface area contributed by atoms with Gasteiger partial charge in [0.05, 0.1) is 15.5 Å². The summed E-state index contributed by atoms with van der Waals surface area (Å²) >= 11 is 4.64. The average Bonchev–Trinajstić information content (AvgIpc) is 3.19. The van der Waals surface area contributed by atoms with Crippen LogP contribution in [0.2, 0.25) is 0 Å². The van der Waals surface area contributed by atoms with Crippen LogP contribution in [-0.2, 0) is 30.2 Å². The van der Waals surface area contributed by atoms with E-state index in [0.717, 1.165) is 21.1 Å². The van der Waals surface area contributed by atoms with Crippen LogP contribution in [-0.4, -0.2) is 68.6 Å². The lowest BCUT2D eigenvalue weighted by molar-refractivity contribution is -0.117. The molecule has 0 bridgehead atoms. The lowest BCUT2D eigenvalue weighted by atomic mass is 10.2. The summed E-state index contributed by atoms with van der Waals surface area (Å²) in [7, 11) is 3.25. The third kappa shape index (κ3) is 11.9. The van der Waals surface area contributed by atoms with Crippen molar-refractivity contribution < 1.29 is 28.5 Å². The minimum atomic E-state index is -0.547. The van der Waals surface area contributed by atoms with E-state index in [1.807, 2.05) is 52.8 Å². The Morgan fingerprint density at radius 3 is 2.29 bits per heavy atom. The van der Waals surface area contributed by atoms with Crippen molar-refractivity contribution in [2.75, 3.05) is 44.6 Å². The molecular weight excluding hydrogens is 526 g/mol. The third-order valence-electron chi connectivity index (χ3n) is 4.09. The molecule has 1 amide bonds. The summed E-state index contributed by atoms with van der Waals surface area (Å²) in [5, 5.41) is 7.27. The first-order valence-corrected chi connectivity index (χ1v) is 13.0. The molecule has 2 rings (SSSR count). The Hall–Kier alpha value is -1.34. The van der Waals surface area contributed by atoms with Gasteiger partial charge in [-0.3, -0.25) is 5.32 Å². The number of halogens is 1. The van der Waals surface area contributed by atoms with Gasteiger partial charge in [0.25, 0.3) is 0 Å². The largest absolute Gasteiger partial charge is 0.444 e. The predicted octanol–water partition coefficient (Wildman–Crippen LogP) is 5.13. The third-order valence-corrected chi connectivity index (χ3v) is 5.56. The molecule has 9 nitrogen and oxygen atoms in total. The van der Waals surface area contributed by atoms with E-state index < -0.39 is 11.7 Å². The Kier molecular flexibility index (Phi) is 14.8. The van der Waals surface area contributed by atoms with Crippen molar-refractivity contribution in [1.82, 2.24) is 10.3 Å². The molecule has 2 aromatic rings. The molecule has 2 atom stereocenters. The maximum absolute atomic E-state index is 11.9. The molecule has 0 radical (unpaired) electrons. The molecule has 0 spiro atoms. The molecule has 0 aliphatic heterocycles. The standard InChI is InChI=1S/C18H27N3O4S.C5H11BrO2/c1-6-24-14(23-5)11-19-10-12-8-7-9-13-15(12)20-16(26-13)21-17(22)25-18(2,3)4;1-3-8-5(4-6)7-2/h7-9,14,19H,6,10-11H2,1-5H3,(H,20,21,22);5H,3-4H2,1-2H3. The van der Waals surface area contributed by atoms with E-state index in [4.69, 9.17) is 23.7 Å². The summed E-state index contributed by atoms with van der Waals surface area (Å²) in [6.45, 7) is 11.8. The fourth-order valence-electron chi connectivity index (χ4n) is 2.67. The number of ether oxygens (including phenoxy) is 5. The molecule has 1 heterocycles. The Bertz CT molecular complexity index is 842. The number of carbonyl (C=O) groups excluding carboxylic acids is 1. The Labute approximate surface area is 215 Å². The van der Waals surface area contributed by atoms with Crippen LogP contribution in [0.5, 0.6) is 0 Å². The Morgan fingerprint density at radius 2 is 1.76 bits per heavy atom. The molecule has 34 heavy (non-hydrogen) atoms. The van der Waals surface area contributed by atoms with Crippen LogP contribution in [0.4, 0.5) is 9.93 Å². The number of hydrogen-bond acceptors (Lipinski definition) is 9. The fourth-order valence-corrected chi connectivity index (χ4v) is 4.03. The van der Waals surface area contributed by atoms with E-state index in [1.54, 1.807) is 14.2 Å². The number of benzene rings is 1. The molecule has 0 aliphatic rings. The number of carbonyl (C=O) groups is 1. The van der Waals surface area contributed by atoms with Crippen molar-refractivity contribution in [3.63, 3.8) is 0 Å². The topological polar surface area (TPSA) is 100 Å². The number of nitrogens with one attached hydrogen (secondary N) is 2. The van der Waals surface area contributed by atoms with Crippen molar-refractivity contribution in [2.24, 2.45) is 0 Å². The average molecular weight is 565 g/mol. The fraction of sp³-hybridized carbons (Fsp3) is 0.652. The summed E-state index contributed by atoms with van der Waals surface area (Å²) in [5.74, 6) is 0. The minimum absolute atomic E-state index is 0.0833. The highest BCUT2D eigenvalue weighted by Crippen LogP contribution is 2.28. The summed E-state index contributed by atoms with van der Waals surface area (Å²) in [6.07, 6.45) is -0.866. The zero-order chi connectivity index (χ0) is 25.6. The summed E-state index contributed by atoms with van der Waals surface area (Å²) in [4.78, 5) is 16.5. The van der Waals surface area contributed by atoms with Crippen molar-refractivity contribution in [3.05, 3.63) is 23.8 Å². The van der Waals surface area contributed by atoms with E-state index in [-0.39, 0.29) is 12.6 Å². The van der Waals surface area contributed by atoms with Crippen LogP contribution in [0.15, 0.2) is 18.2 Å². The first-order valence-electron chi connectivity index (χ1n) is 11.1. The van der Waals surface area contributed by atoms with Gasteiger partial charge in [0.2, 0.25) is 0 Å². The van der Waals surface area contributed by atoms with E-state index in [0.29, 0.717) is 31.4 Å². The normalized spacial score (nSPS) is 13.2. The van der Waals surface area contributed by atoms with Gasteiger partial charge >= 0.3 is 6.09 Å². The van der Waals surface area contributed by atoms with Gasteiger partial charge in [-0.05, 0) is 46.2 Å². The second-order valence-corrected chi connectivity index (χ2v) is 9.61. The smallest absolute Gasteiger partial charge is 0.413 e. The predicted molar refractivity (Wildman–Crippen MR) is 140 cm³/mol. The van der Waals surface area contributed by atoms with Gasteiger partial charge in [-0.25, -0.2) is 9.78 Å². The number of thiazole rings is 1. The lowest BCUT2D eigenvalue weighted by Crippen LogP contribution is -2.30. The Morgan fingerprint density at radius 1 is 1.12 bits per heavy atom. The molecule has 0 fully saturated rings. The van der Waals surface area contributed by atoms with Crippen LogP contribution >= 0.6 is 27.3 Å². The van der Waals surface area contributed by atoms with E-state index in [1.165, 1.54) is 11.3 Å². The first-order chi connectivity index (χ1) is 16.2. The molecule has 194 valence electrons. The van der Waals surface area contributed by atoms with E-state index in [2.05, 4.69) is 31.5 Å². The lowest BCUT2D eigenvalue weighted by Gasteiger charge is -2.18. The molecule has 2 unspecified atom stereocenters. The molecule has 1 aromatic carbocycles. The molecule has 11 heteroatoms. The maximum atomic E-state index is 11.9. The highest BCUT2D eigenvalue weighted by atomic mass is 79.9. The molecule has 0 aliphatic carbocycles. The zero-order valence-electron chi connectivity index (χ0n) is 21.1. The van der Waals surface area contributed by atoms with Crippen molar-refractivity contribution in [3.8, 4) is 0 Å². The van der Waals surface area contributed by atoms with Gasteiger partial charge < -0.3 is 29.0 Å². The number of hydrogen-bond donors (Lipinski definition) is 2. The molecule has 1 aromatic heterocycles. The number of nitrogens with zero attached hydrogens (tertiary/aromatic N) is 1. The van der Waals surface area contributed by atoms with Crippen molar-refractivity contribution in [2.45, 2.75) is 59.3 Å². The maximum Gasteiger partial charge on any atom is 0.413 e. The highest BCUT2D eigenvalue weighted by molar-refractivity contribution is 9.09. The molecule has 2 N–H and O–H groups in total. The van der Waals surface area contributed by atoms with Gasteiger partial charge in [-0.1, -0.05) is 39.4 Å². The molecule has 0 saturated carbocycles. The molecule has 0 saturated heterocycles. The summed E-state index contributed by atoms with van der Waals surface area (Å²) < 4.78 is 26.9. The second kappa shape index (κ2) is 16.4. The summed E-state index contributed by atoms with van der Waals surface area (Å²) in [5.41, 5.74) is 1.36. The number of anilines is 1. The second-order valence-electron chi connectivity index (χ2n) is 7.94. The van der Waals surface area contributed by atoms with Gasteiger partial charge in [0.1, 0.15) is 5.60 Å². The van der Waals surface area contributed by atoms with E-state index >= 15 is 0 Å². The van der Waals surface area contributed by atoms with Gasteiger partial charge in [0.15, 0.2) is 17.7 Å². The number of fused-ring (bicyclic) bond motifs is 1. The minimum Gasteiger partial charge on any atom is -0.444 e. The van der Waals surface area contributed by atoms with Gasteiger partial charge in [-0.15, -0.1) is 0 Å². The highest BCUT2D eigenvalue weighted by Gasteiger charge is 2.18. The summed E-state index contributed by atoms with van der Waals surface area (Å²) in [6, 6.07) is 5.97. The quantitative estimate of drug-likeness (QED) is 0.270. The van der Waals surface area contributed by atoms with Crippen LogP contribution in [0, 0.1) is 0 Å². The zero-order valence-corrected chi connectivity index (χ0v) is 23.5. The van der Waals surface area contributed by atoms with Crippen LogP contribution in [0.1, 0.15) is 40.2 Å². The van der Waals surface area contributed by atoms with Crippen molar-refractivity contribution >= 4 is 48.7 Å². The van der Waals surface area contributed by atoms with E-state index in [9.17, 15) is 4.79 Å². The van der Waals surface area contributed by atoms with Gasteiger partial charge in [0, 0.05) is 40.5 Å². The number of rotatable bonds is 12. The van der Waals surface area contributed by atoms with Crippen LogP contribution in [0.3, 0.4) is 0 Å². The first kappa shape index (κ1) is 30.7. The van der Waals surface area contributed by atoms with Crippen molar-refractivity contribution in [1.29, 1.82) is 0 Å². The number of aromatic nitrogens is 1. The number of alkyl halides is 1. The SMILES string of the molecule is CCOC(CBr)OC.CCOC(CNCc1cccc2sc(NC(=O)OC(C)(C)C)nc12)OC.